The first-order chi connectivity index (χ1) is 9.46. The lowest BCUT2D eigenvalue weighted by molar-refractivity contribution is 0.0464. The van der Waals surface area contributed by atoms with Gasteiger partial charge < -0.3 is 20.7 Å². The highest BCUT2D eigenvalue weighted by Crippen LogP contribution is 2.23. The molecule has 2 aliphatic rings. The van der Waals surface area contributed by atoms with Crippen molar-refractivity contribution in [3.05, 3.63) is 0 Å². The zero-order valence-electron chi connectivity index (χ0n) is 13.0. The van der Waals surface area contributed by atoms with Gasteiger partial charge >= 0.3 is 6.09 Å². The first-order valence-corrected chi connectivity index (χ1v) is 7.89. The van der Waals surface area contributed by atoms with Gasteiger partial charge in [-0.2, -0.15) is 0 Å². The molecule has 2 heterocycles. The highest BCUT2D eigenvalue weighted by Gasteiger charge is 2.34. The topological polar surface area (TPSA) is 62.4 Å². The average Bonchev–Trinajstić information content (AvgIpc) is 2.38. The zero-order chi connectivity index (χ0) is 14.6. The maximum absolute atomic E-state index is 12.0. The summed E-state index contributed by atoms with van der Waals surface area (Å²) in [5.41, 5.74) is -0.434. The minimum atomic E-state index is -0.434. The summed E-state index contributed by atoms with van der Waals surface area (Å²) < 4.78 is 5.39. The molecular formula is C15H29N3O2. The van der Waals surface area contributed by atoms with Gasteiger partial charge in [-0.3, -0.25) is 0 Å². The summed E-state index contributed by atoms with van der Waals surface area (Å²) in [6, 6.07) is 0.583. The van der Waals surface area contributed by atoms with Crippen LogP contribution in [0.4, 0.5) is 4.79 Å². The number of nitrogens with one attached hydrogen (secondary N) is 3. The van der Waals surface area contributed by atoms with Crippen LogP contribution in [0.3, 0.4) is 0 Å². The van der Waals surface area contributed by atoms with E-state index < -0.39 is 5.60 Å². The van der Waals surface area contributed by atoms with E-state index in [4.69, 9.17) is 4.74 Å². The second kappa shape index (κ2) is 6.76. The van der Waals surface area contributed by atoms with Crippen LogP contribution >= 0.6 is 0 Å². The van der Waals surface area contributed by atoms with E-state index in [1.807, 2.05) is 20.8 Å². The third-order valence-electron chi connectivity index (χ3n) is 4.10. The van der Waals surface area contributed by atoms with Gasteiger partial charge in [0, 0.05) is 12.1 Å². The van der Waals surface area contributed by atoms with Gasteiger partial charge in [-0.15, -0.1) is 0 Å². The number of carbonyl (C=O) groups excluding carboxylic acids is 1. The van der Waals surface area contributed by atoms with Crippen LogP contribution < -0.4 is 16.0 Å². The fraction of sp³-hybridized carbons (Fsp3) is 0.933. The molecule has 0 aliphatic carbocycles. The molecule has 0 unspecified atom stereocenters. The Hall–Kier alpha value is -0.810. The normalized spacial score (nSPS) is 28.9. The predicted molar refractivity (Wildman–Crippen MR) is 79.8 cm³/mol. The number of hydrogen-bond acceptors (Lipinski definition) is 4. The highest BCUT2D eigenvalue weighted by atomic mass is 16.6. The minimum Gasteiger partial charge on any atom is -0.444 e. The summed E-state index contributed by atoms with van der Waals surface area (Å²) in [7, 11) is 0. The molecule has 0 bridgehead atoms. The van der Waals surface area contributed by atoms with Gasteiger partial charge in [-0.05, 0) is 72.0 Å². The van der Waals surface area contributed by atoms with E-state index in [2.05, 4.69) is 16.0 Å². The summed E-state index contributed by atoms with van der Waals surface area (Å²) in [5, 5.41) is 10.1. The zero-order valence-corrected chi connectivity index (χ0v) is 13.0. The van der Waals surface area contributed by atoms with E-state index in [-0.39, 0.29) is 12.1 Å². The summed E-state index contributed by atoms with van der Waals surface area (Å²) in [5.74, 6) is 0.650. The van der Waals surface area contributed by atoms with E-state index in [0.29, 0.717) is 12.0 Å². The van der Waals surface area contributed by atoms with E-state index in [1.165, 1.54) is 12.8 Å². The molecule has 2 saturated heterocycles. The molecule has 0 spiro atoms. The largest absolute Gasteiger partial charge is 0.444 e. The van der Waals surface area contributed by atoms with Gasteiger partial charge in [0.05, 0.1) is 0 Å². The molecule has 0 aromatic heterocycles. The first kappa shape index (κ1) is 15.6. The lowest BCUT2D eigenvalue weighted by Gasteiger charge is -2.40. The number of rotatable bonds is 2. The Balaban J connectivity index is 1.91. The molecule has 116 valence electrons. The molecule has 0 saturated carbocycles. The van der Waals surface area contributed by atoms with Crippen molar-refractivity contribution in [2.45, 2.75) is 64.1 Å². The van der Waals surface area contributed by atoms with Gasteiger partial charge in [0.15, 0.2) is 0 Å². The quantitative estimate of drug-likeness (QED) is 0.721. The van der Waals surface area contributed by atoms with Crippen molar-refractivity contribution in [2.24, 2.45) is 5.92 Å². The van der Waals surface area contributed by atoms with Gasteiger partial charge in [0.2, 0.25) is 0 Å². The molecule has 0 aromatic carbocycles. The third-order valence-corrected chi connectivity index (χ3v) is 4.10. The van der Waals surface area contributed by atoms with Crippen LogP contribution in [-0.4, -0.2) is 43.4 Å². The number of ether oxygens (including phenoxy) is 1. The van der Waals surface area contributed by atoms with Crippen LogP contribution in [-0.2, 0) is 4.74 Å². The fourth-order valence-corrected chi connectivity index (χ4v) is 3.23. The summed E-state index contributed by atoms with van der Waals surface area (Å²) in [6.07, 6.45) is 4.24. The van der Waals surface area contributed by atoms with Crippen molar-refractivity contribution in [2.75, 3.05) is 19.6 Å². The smallest absolute Gasteiger partial charge is 0.407 e. The van der Waals surface area contributed by atoms with Gasteiger partial charge in [0.25, 0.3) is 0 Å². The fourth-order valence-electron chi connectivity index (χ4n) is 3.23. The monoisotopic (exact) mass is 283 g/mol. The Morgan fingerprint density at radius 3 is 2.50 bits per heavy atom. The molecule has 0 radical (unpaired) electrons. The van der Waals surface area contributed by atoms with Crippen LogP contribution in [0.15, 0.2) is 0 Å². The summed E-state index contributed by atoms with van der Waals surface area (Å²) in [6.45, 7) is 8.92. The molecule has 2 aliphatic heterocycles. The van der Waals surface area contributed by atoms with Crippen molar-refractivity contribution in [3.8, 4) is 0 Å². The molecule has 5 heteroatoms. The number of amides is 1. The van der Waals surface area contributed by atoms with Crippen molar-refractivity contribution in [3.63, 3.8) is 0 Å². The number of hydrogen-bond donors (Lipinski definition) is 3. The maximum atomic E-state index is 12.0. The van der Waals surface area contributed by atoms with Crippen molar-refractivity contribution >= 4 is 6.09 Å². The van der Waals surface area contributed by atoms with E-state index in [1.54, 1.807) is 0 Å². The van der Waals surface area contributed by atoms with Crippen molar-refractivity contribution < 1.29 is 9.53 Å². The molecule has 0 aromatic rings. The Kier molecular flexibility index (Phi) is 5.27. The Morgan fingerprint density at radius 2 is 1.85 bits per heavy atom. The predicted octanol–water partition coefficient (Wildman–Crippen LogP) is 1.63. The van der Waals surface area contributed by atoms with Gasteiger partial charge in [-0.25, -0.2) is 4.79 Å². The Bertz CT molecular complexity index is 322. The van der Waals surface area contributed by atoms with Gasteiger partial charge in [-0.1, -0.05) is 0 Å². The molecule has 3 N–H and O–H groups in total. The van der Waals surface area contributed by atoms with E-state index in [9.17, 15) is 4.79 Å². The Labute approximate surface area is 122 Å². The highest BCUT2D eigenvalue weighted by molar-refractivity contribution is 5.68. The minimum absolute atomic E-state index is 0.196. The summed E-state index contributed by atoms with van der Waals surface area (Å²) >= 11 is 0. The SMILES string of the molecule is CC(C)(C)OC(=O)N[C@@H]1CCCN[C@H]1C1CCNCC1. The molecule has 20 heavy (non-hydrogen) atoms. The van der Waals surface area contributed by atoms with Crippen LogP contribution in [0.1, 0.15) is 46.5 Å². The molecule has 1 amide bonds. The average molecular weight is 283 g/mol. The third kappa shape index (κ3) is 4.63. The number of piperidine rings is 2. The van der Waals surface area contributed by atoms with Crippen LogP contribution in [0.2, 0.25) is 0 Å². The van der Waals surface area contributed by atoms with Crippen molar-refractivity contribution in [1.29, 1.82) is 0 Å². The lowest BCUT2D eigenvalue weighted by atomic mass is 9.82. The molecule has 2 rings (SSSR count). The maximum Gasteiger partial charge on any atom is 0.407 e. The number of alkyl carbamates (subject to hydrolysis) is 1. The van der Waals surface area contributed by atoms with E-state index in [0.717, 1.165) is 32.5 Å². The number of carbonyl (C=O) groups is 1. The van der Waals surface area contributed by atoms with Gasteiger partial charge in [0.1, 0.15) is 5.60 Å². The standard InChI is InChI=1S/C15H29N3O2/c1-15(2,3)20-14(19)18-12-5-4-8-17-13(12)11-6-9-16-10-7-11/h11-13,16-17H,4-10H2,1-3H3,(H,18,19)/t12-,13+/m1/s1. The summed E-state index contributed by atoms with van der Waals surface area (Å²) in [4.78, 5) is 12.0. The molecule has 2 fully saturated rings. The van der Waals surface area contributed by atoms with Crippen LogP contribution in [0, 0.1) is 5.92 Å². The van der Waals surface area contributed by atoms with Crippen molar-refractivity contribution in [1.82, 2.24) is 16.0 Å². The molecule has 5 nitrogen and oxygen atoms in total. The first-order valence-electron chi connectivity index (χ1n) is 7.89. The lowest BCUT2D eigenvalue weighted by Crippen LogP contribution is -2.58. The second-order valence-electron chi connectivity index (χ2n) is 6.96. The Morgan fingerprint density at radius 1 is 1.15 bits per heavy atom. The molecular weight excluding hydrogens is 254 g/mol. The van der Waals surface area contributed by atoms with E-state index >= 15 is 0 Å². The second-order valence-corrected chi connectivity index (χ2v) is 6.96. The van der Waals surface area contributed by atoms with Crippen LogP contribution in [0.25, 0.3) is 0 Å². The van der Waals surface area contributed by atoms with Crippen LogP contribution in [0.5, 0.6) is 0 Å². The molecule has 2 atom stereocenters.